The third-order valence-electron chi connectivity index (χ3n) is 4.72. The van der Waals surface area contributed by atoms with E-state index in [1.165, 1.54) is 6.33 Å². The molecule has 4 rings (SSSR count). The molecule has 0 radical (unpaired) electrons. The molecule has 9 nitrogen and oxygen atoms in total. The van der Waals surface area contributed by atoms with E-state index in [0.717, 1.165) is 22.4 Å². The normalized spacial score (nSPS) is 10.7. The van der Waals surface area contributed by atoms with Crippen LogP contribution in [-0.2, 0) is 6.61 Å². The van der Waals surface area contributed by atoms with Gasteiger partial charge in [-0.15, -0.1) is 0 Å². The quantitative estimate of drug-likeness (QED) is 0.443. The molecular weight excluding hydrogens is 394 g/mol. The minimum absolute atomic E-state index is 0.0801. The molecule has 0 aliphatic rings. The smallest absolute Gasteiger partial charge is 0.255 e. The van der Waals surface area contributed by atoms with E-state index in [1.807, 2.05) is 26.0 Å². The molecule has 4 aromatic rings. The summed E-state index contributed by atoms with van der Waals surface area (Å²) < 4.78 is 1.57. The first-order valence-corrected chi connectivity index (χ1v) is 9.61. The molecule has 0 bridgehead atoms. The highest BCUT2D eigenvalue weighted by Crippen LogP contribution is 2.20. The summed E-state index contributed by atoms with van der Waals surface area (Å²) in [6.45, 7) is 3.72. The molecule has 0 spiro atoms. The van der Waals surface area contributed by atoms with E-state index in [0.29, 0.717) is 23.0 Å². The van der Waals surface area contributed by atoms with Crippen LogP contribution in [-0.4, -0.2) is 35.7 Å². The van der Waals surface area contributed by atoms with Gasteiger partial charge in [0.05, 0.1) is 6.61 Å². The Bertz CT molecular complexity index is 1210. The Morgan fingerprint density at radius 1 is 1.10 bits per heavy atom. The number of aromatic nitrogens is 5. The second-order valence-electron chi connectivity index (χ2n) is 7.00. The summed E-state index contributed by atoms with van der Waals surface area (Å²) in [5.41, 5.74) is 4.44. The van der Waals surface area contributed by atoms with Gasteiger partial charge in [-0.1, -0.05) is 12.1 Å². The molecule has 2 aromatic carbocycles. The molecule has 0 atom stereocenters. The third-order valence-corrected chi connectivity index (χ3v) is 4.72. The highest BCUT2D eigenvalue weighted by Gasteiger charge is 2.10. The second-order valence-corrected chi connectivity index (χ2v) is 7.00. The first-order chi connectivity index (χ1) is 15.0. The number of nitrogens with zero attached hydrogens (tertiary/aromatic N) is 5. The van der Waals surface area contributed by atoms with Crippen LogP contribution in [0, 0.1) is 13.8 Å². The van der Waals surface area contributed by atoms with Crippen molar-refractivity contribution in [2.45, 2.75) is 20.5 Å². The predicted molar refractivity (Wildman–Crippen MR) is 116 cm³/mol. The van der Waals surface area contributed by atoms with Crippen LogP contribution in [0.15, 0.2) is 61.3 Å². The zero-order chi connectivity index (χ0) is 21.8. The molecule has 156 valence electrons. The molecule has 0 saturated carbocycles. The van der Waals surface area contributed by atoms with Crippen molar-refractivity contribution in [2.24, 2.45) is 0 Å². The molecule has 9 heteroatoms. The molecule has 0 aliphatic heterocycles. The molecule has 2 heterocycles. The number of aliphatic hydroxyl groups excluding tert-OH is 1. The Kier molecular flexibility index (Phi) is 5.67. The Labute approximate surface area is 178 Å². The highest BCUT2D eigenvalue weighted by molar-refractivity contribution is 6.04. The lowest BCUT2D eigenvalue weighted by Crippen LogP contribution is -2.13. The molecular formula is C22H21N7O2. The van der Waals surface area contributed by atoms with E-state index in [9.17, 15) is 9.90 Å². The van der Waals surface area contributed by atoms with E-state index in [4.69, 9.17) is 0 Å². The largest absolute Gasteiger partial charge is 0.392 e. The lowest BCUT2D eigenvalue weighted by molar-refractivity contribution is 0.102. The number of amides is 1. The fourth-order valence-electron chi connectivity index (χ4n) is 2.97. The summed E-state index contributed by atoms with van der Waals surface area (Å²) in [4.78, 5) is 25.3. The van der Waals surface area contributed by atoms with Gasteiger partial charge in [-0.05, 0) is 55.3 Å². The number of benzene rings is 2. The van der Waals surface area contributed by atoms with Gasteiger partial charge in [0.25, 0.3) is 5.91 Å². The molecule has 3 N–H and O–H groups in total. The SMILES string of the molecule is Cc1ccc(CO)cc1NC(=O)c1ccc(Nc2ncc(C)c(-n3cncn3)n2)cc1. The Hall–Kier alpha value is -4.11. The maximum Gasteiger partial charge on any atom is 0.255 e. The fourth-order valence-corrected chi connectivity index (χ4v) is 2.97. The molecule has 0 aliphatic carbocycles. The van der Waals surface area contributed by atoms with Gasteiger partial charge in [0.1, 0.15) is 12.7 Å². The number of aryl methyl sites for hydroxylation is 2. The third kappa shape index (κ3) is 4.57. The summed E-state index contributed by atoms with van der Waals surface area (Å²) in [5, 5.41) is 19.4. The van der Waals surface area contributed by atoms with Gasteiger partial charge in [0, 0.05) is 28.7 Å². The van der Waals surface area contributed by atoms with Crippen molar-refractivity contribution in [2.75, 3.05) is 10.6 Å². The minimum Gasteiger partial charge on any atom is -0.392 e. The highest BCUT2D eigenvalue weighted by atomic mass is 16.3. The first-order valence-electron chi connectivity index (χ1n) is 9.61. The first kappa shape index (κ1) is 20.2. The zero-order valence-corrected chi connectivity index (χ0v) is 17.1. The van der Waals surface area contributed by atoms with Gasteiger partial charge in [0.15, 0.2) is 5.82 Å². The second kappa shape index (κ2) is 8.72. The Morgan fingerprint density at radius 2 is 1.90 bits per heavy atom. The van der Waals surface area contributed by atoms with Crippen LogP contribution in [0.5, 0.6) is 0 Å². The topological polar surface area (TPSA) is 118 Å². The molecule has 0 saturated heterocycles. The maximum atomic E-state index is 12.6. The van der Waals surface area contributed by atoms with E-state index >= 15 is 0 Å². The van der Waals surface area contributed by atoms with Gasteiger partial charge in [-0.2, -0.15) is 10.1 Å². The lowest BCUT2D eigenvalue weighted by Gasteiger charge is -2.11. The van der Waals surface area contributed by atoms with Crippen LogP contribution >= 0.6 is 0 Å². The van der Waals surface area contributed by atoms with Crippen molar-refractivity contribution in [3.8, 4) is 5.82 Å². The zero-order valence-electron chi connectivity index (χ0n) is 17.1. The Morgan fingerprint density at radius 3 is 2.61 bits per heavy atom. The standard InChI is InChI=1S/C22H21N7O2/c1-14-3-4-16(11-30)9-19(14)27-21(31)17-5-7-18(8-6-17)26-22-24-10-15(2)20(28-22)29-13-23-12-25-29/h3-10,12-13,30H,11H2,1-2H3,(H,27,31)(H,24,26,28). The number of rotatable bonds is 6. The number of anilines is 3. The van der Waals surface area contributed by atoms with Gasteiger partial charge < -0.3 is 15.7 Å². The summed E-state index contributed by atoms with van der Waals surface area (Å²) in [6, 6.07) is 12.5. The summed E-state index contributed by atoms with van der Waals surface area (Å²) in [5.74, 6) is 0.806. The number of nitrogens with one attached hydrogen (secondary N) is 2. The van der Waals surface area contributed by atoms with Crippen LogP contribution in [0.1, 0.15) is 27.0 Å². The summed E-state index contributed by atoms with van der Waals surface area (Å²) >= 11 is 0. The molecule has 31 heavy (non-hydrogen) atoms. The molecule has 1 amide bonds. The van der Waals surface area contributed by atoms with E-state index in [2.05, 4.69) is 30.7 Å². The number of carbonyl (C=O) groups is 1. The predicted octanol–water partition coefficient (Wildman–Crippen LogP) is 3.16. The van der Waals surface area contributed by atoms with Gasteiger partial charge in [-0.3, -0.25) is 4.79 Å². The average Bonchev–Trinajstić information content (AvgIpc) is 3.32. The minimum atomic E-state index is -0.232. The van der Waals surface area contributed by atoms with Crippen molar-refractivity contribution in [1.29, 1.82) is 0 Å². The van der Waals surface area contributed by atoms with E-state index < -0.39 is 0 Å². The molecule has 0 fully saturated rings. The summed E-state index contributed by atoms with van der Waals surface area (Å²) in [7, 11) is 0. The molecule has 0 unspecified atom stereocenters. The van der Waals surface area contributed by atoms with E-state index in [1.54, 1.807) is 47.5 Å². The van der Waals surface area contributed by atoms with Crippen LogP contribution in [0.3, 0.4) is 0 Å². The van der Waals surface area contributed by atoms with Crippen LogP contribution in [0.25, 0.3) is 5.82 Å². The van der Waals surface area contributed by atoms with Gasteiger partial charge >= 0.3 is 0 Å². The van der Waals surface area contributed by atoms with Crippen LogP contribution in [0.4, 0.5) is 17.3 Å². The summed E-state index contributed by atoms with van der Waals surface area (Å²) in [6.07, 6.45) is 4.72. The Balaban J connectivity index is 1.48. The number of hydrogen-bond acceptors (Lipinski definition) is 7. The monoisotopic (exact) mass is 415 g/mol. The molecule has 2 aromatic heterocycles. The van der Waals surface area contributed by atoms with Gasteiger partial charge in [0.2, 0.25) is 5.95 Å². The van der Waals surface area contributed by atoms with Crippen LogP contribution < -0.4 is 10.6 Å². The maximum absolute atomic E-state index is 12.6. The van der Waals surface area contributed by atoms with Crippen molar-refractivity contribution in [1.82, 2.24) is 24.7 Å². The van der Waals surface area contributed by atoms with Crippen LogP contribution in [0.2, 0.25) is 0 Å². The lowest BCUT2D eigenvalue weighted by atomic mass is 10.1. The average molecular weight is 415 g/mol. The van der Waals surface area contributed by atoms with E-state index in [-0.39, 0.29) is 12.5 Å². The van der Waals surface area contributed by atoms with Crippen molar-refractivity contribution < 1.29 is 9.90 Å². The number of hydrogen-bond donors (Lipinski definition) is 3. The fraction of sp³-hybridized carbons (Fsp3) is 0.136. The van der Waals surface area contributed by atoms with Crippen molar-refractivity contribution in [3.63, 3.8) is 0 Å². The van der Waals surface area contributed by atoms with Gasteiger partial charge in [-0.25, -0.2) is 14.6 Å². The van der Waals surface area contributed by atoms with Crippen molar-refractivity contribution >= 4 is 23.2 Å². The number of aliphatic hydroxyl groups is 1. The number of carbonyl (C=O) groups excluding carboxylic acids is 1. The van der Waals surface area contributed by atoms with Crippen molar-refractivity contribution in [3.05, 3.63) is 83.6 Å².